The molecule has 1 aliphatic rings. The van der Waals surface area contributed by atoms with Gasteiger partial charge in [-0.05, 0) is 25.8 Å². The van der Waals surface area contributed by atoms with E-state index in [0.29, 0.717) is 0 Å². The predicted molar refractivity (Wildman–Crippen MR) is 44.3 cm³/mol. The van der Waals surface area contributed by atoms with Crippen molar-refractivity contribution in [3.8, 4) is 0 Å². The average Bonchev–Trinajstić information content (AvgIpc) is 2.03. The fraction of sp³-hybridized carbons (Fsp3) is 0.875. The third kappa shape index (κ3) is 2.50. The molecule has 0 saturated carbocycles. The first kappa shape index (κ1) is 8.53. The topological polar surface area (TPSA) is 41.1 Å². The lowest BCUT2D eigenvalue weighted by Crippen LogP contribution is -2.48. The molecule has 64 valence electrons. The number of hydrogen-bond acceptors (Lipinski definition) is 2. The van der Waals surface area contributed by atoms with E-state index in [2.05, 4.69) is 17.6 Å². The molecule has 11 heavy (non-hydrogen) atoms. The quantitative estimate of drug-likeness (QED) is 0.615. The predicted octanol–water partition coefficient (Wildman–Crippen LogP) is 0.265. The minimum absolute atomic E-state index is 0.0729. The molecule has 1 amide bonds. The maximum absolute atomic E-state index is 11.1. The number of nitrogens with one attached hydrogen (secondary N) is 2. The first-order valence-corrected chi connectivity index (χ1v) is 4.35. The number of amides is 1. The van der Waals surface area contributed by atoms with Gasteiger partial charge in [-0.3, -0.25) is 4.79 Å². The van der Waals surface area contributed by atoms with E-state index in [1.165, 1.54) is 0 Å². The van der Waals surface area contributed by atoms with Crippen LogP contribution in [0.2, 0.25) is 0 Å². The van der Waals surface area contributed by atoms with Crippen LogP contribution in [0.4, 0.5) is 0 Å². The molecule has 1 saturated heterocycles. The lowest BCUT2D eigenvalue weighted by Gasteiger charge is -2.22. The summed E-state index contributed by atoms with van der Waals surface area (Å²) in [4.78, 5) is 11.1. The van der Waals surface area contributed by atoms with Crippen molar-refractivity contribution in [3.63, 3.8) is 0 Å². The van der Waals surface area contributed by atoms with Crippen molar-refractivity contribution < 1.29 is 4.79 Å². The molecule has 0 aromatic heterocycles. The van der Waals surface area contributed by atoms with Gasteiger partial charge in [-0.25, -0.2) is 0 Å². The monoisotopic (exact) mass is 156 g/mol. The van der Waals surface area contributed by atoms with Crippen LogP contribution in [-0.2, 0) is 4.79 Å². The summed E-state index contributed by atoms with van der Waals surface area (Å²) in [5.74, 6) is 0.171. The van der Waals surface area contributed by atoms with Crippen LogP contribution in [0, 0.1) is 0 Å². The van der Waals surface area contributed by atoms with Gasteiger partial charge in [0.2, 0.25) is 5.91 Å². The largest absolute Gasteiger partial charge is 0.355 e. The first-order chi connectivity index (χ1) is 5.34. The van der Waals surface area contributed by atoms with Crippen LogP contribution in [0.25, 0.3) is 0 Å². The molecule has 3 nitrogen and oxygen atoms in total. The number of rotatable bonds is 3. The Bertz CT molecular complexity index is 136. The van der Waals surface area contributed by atoms with Crippen molar-refractivity contribution >= 4 is 5.91 Å². The fourth-order valence-electron chi connectivity index (χ4n) is 1.29. The zero-order valence-electron chi connectivity index (χ0n) is 7.02. The second-order valence-corrected chi connectivity index (χ2v) is 2.94. The van der Waals surface area contributed by atoms with Crippen LogP contribution in [-0.4, -0.2) is 25.0 Å². The normalized spacial score (nSPS) is 24.8. The smallest absolute Gasteiger partial charge is 0.237 e. The van der Waals surface area contributed by atoms with Gasteiger partial charge in [-0.15, -0.1) is 0 Å². The molecule has 0 aromatic rings. The zero-order valence-corrected chi connectivity index (χ0v) is 7.02. The van der Waals surface area contributed by atoms with E-state index in [9.17, 15) is 4.79 Å². The molecule has 0 radical (unpaired) electrons. The van der Waals surface area contributed by atoms with E-state index < -0.39 is 0 Å². The van der Waals surface area contributed by atoms with E-state index in [1.54, 1.807) is 0 Å². The number of hydrogen-bond donors (Lipinski definition) is 2. The van der Waals surface area contributed by atoms with Crippen molar-refractivity contribution in [2.45, 2.75) is 32.2 Å². The first-order valence-electron chi connectivity index (χ1n) is 4.35. The molecule has 1 unspecified atom stereocenters. The van der Waals surface area contributed by atoms with E-state index in [0.717, 1.165) is 32.4 Å². The van der Waals surface area contributed by atoms with Gasteiger partial charge in [0.05, 0.1) is 6.04 Å². The van der Waals surface area contributed by atoms with E-state index >= 15 is 0 Å². The molecule has 1 rings (SSSR count). The summed E-state index contributed by atoms with van der Waals surface area (Å²) >= 11 is 0. The number of piperidine rings is 1. The zero-order chi connectivity index (χ0) is 8.10. The van der Waals surface area contributed by atoms with Gasteiger partial charge >= 0.3 is 0 Å². The molecule has 0 aromatic carbocycles. The number of carbonyl (C=O) groups excluding carboxylic acids is 1. The van der Waals surface area contributed by atoms with Gasteiger partial charge in [-0.1, -0.05) is 6.92 Å². The highest BCUT2D eigenvalue weighted by molar-refractivity contribution is 5.82. The van der Waals surface area contributed by atoms with Crippen LogP contribution >= 0.6 is 0 Å². The fourth-order valence-corrected chi connectivity index (χ4v) is 1.29. The maximum Gasteiger partial charge on any atom is 0.237 e. The Kier molecular flexibility index (Phi) is 3.36. The van der Waals surface area contributed by atoms with Crippen molar-refractivity contribution in [3.05, 3.63) is 0 Å². The average molecular weight is 156 g/mol. The minimum atomic E-state index is 0.0729. The number of carbonyl (C=O) groups is 1. The van der Waals surface area contributed by atoms with Gasteiger partial charge < -0.3 is 10.6 Å². The lowest BCUT2D eigenvalue weighted by molar-refractivity contribution is -0.124. The molecule has 0 spiro atoms. The van der Waals surface area contributed by atoms with Crippen LogP contribution in [0.3, 0.4) is 0 Å². The standard InChI is InChI=1S/C8H16N2O/c1-2-5-9-7-4-3-6-10-8(7)11/h7,9H,2-6H2,1H3,(H,10,11). The van der Waals surface area contributed by atoms with Gasteiger partial charge in [0.25, 0.3) is 0 Å². The molecular weight excluding hydrogens is 140 g/mol. The van der Waals surface area contributed by atoms with Gasteiger partial charge in [0.15, 0.2) is 0 Å². The van der Waals surface area contributed by atoms with Crippen LogP contribution in [0.15, 0.2) is 0 Å². The van der Waals surface area contributed by atoms with E-state index in [1.807, 2.05) is 0 Å². The third-order valence-electron chi connectivity index (χ3n) is 1.93. The van der Waals surface area contributed by atoms with Crippen molar-refractivity contribution in [2.75, 3.05) is 13.1 Å². The highest BCUT2D eigenvalue weighted by Crippen LogP contribution is 2.02. The van der Waals surface area contributed by atoms with Crippen molar-refractivity contribution in [2.24, 2.45) is 0 Å². The Balaban J connectivity index is 2.24. The summed E-state index contributed by atoms with van der Waals surface area (Å²) in [5, 5.41) is 6.05. The summed E-state index contributed by atoms with van der Waals surface area (Å²) in [6, 6.07) is 0.0729. The Morgan fingerprint density at radius 3 is 3.18 bits per heavy atom. The lowest BCUT2D eigenvalue weighted by atomic mass is 10.1. The summed E-state index contributed by atoms with van der Waals surface area (Å²) in [7, 11) is 0. The second kappa shape index (κ2) is 4.34. The molecule has 2 N–H and O–H groups in total. The van der Waals surface area contributed by atoms with E-state index in [4.69, 9.17) is 0 Å². The Morgan fingerprint density at radius 1 is 1.73 bits per heavy atom. The molecule has 0 bridgehead atoms. The van der Waals surface area contributed by atoms with Crippen molar-refractivity contribution in [1.82, 2.24) is 10.6 Å². The van der Waals surface area contributed by atoms with E-state index in [-0.39, 0.29) is 11.9 Å². The van der Waals surface area contributed by atoms with Gasteiger partial charge in [0.1, 0.15) is 0 Å². The molecule has 3 heteroatoms. The molecule has 1 heterocycles. The van der Waals surface area contributed by atoms with Gasteiger partial charge in [-0.2, -0.15) is 0 Å². The summed E-state index contributed by atoms with van der Waals surface area (Å²) in [6.45, 7) is 3.90. The maximum atomic E-state index is 11.1. The Labute approximate surface area is 67.5 Å². The highest BCUT2D eigenvalue weighted by Gasteiger charge is 2.19. The molecule has 1 fully saturated rings. The summed E-state index contributed by atoms with van der Waals surface area (Å²) in [5.41, 5.74) is 0. The van der Waals surface area contributed by atoms with Crippen LogP contribution in [0.1, 0.15) is 26.2 Å². The highest BCUT2D eigenvalue weighted by atomic mass is 16.2. The van der Waals surface area contributed by atoms with Crippen LogP contribution < -0.4 is 10.6 Å². The Morgan fingerprint density at radius 2 is 2.55 bits per heavy atom. The molecule has 0 aliphatic carbocycles. The third-order valence-corrected chi connectivity index (χ3v) is 1.93. The van der Waals surface area contributed by atoms with Gasteiger partial charge in [0, 0.05) is 6.54 Å². The summed E-state index contributed by atoms with van der Waals surface area (Å²) < 4.78 is 0. The minimum Gasteiger partial charge on any atom is -0.355 e. The molecule has 1 atom stereocenters. The SMILES string of the molecule is CCCNC1CCCNC1=O. The molecular formula is C8H16N2O. The summed E-state index contributed by atoms with van der Waals surface area (Å²) in [6.07, 6.45) is 3.18. The molecule has 1 aliphatic heterocycles. The van der Waals surface area contributed by atoms with Crippen molar-refractivity contribution in [1.29, 1.82) is 0 Å². The van der Waals surface area contributed by atoms with Crippen LogP contribution in [0.5, 0.6) is 0 Å². The second-order valence-electron chi connectivity index (χ2n) is 2.94. The Hall–Kier alpha value is -0.570.